The third kappa shape index (κ3) is 4.24. The van der Waals surface area contributed by atoms with Crippen molar-refractivity contribution in [2.45, 2.75) is 12.8 Å². The summed E-state index contributed by atoms with van der Waals surface area (Å²) in [7, 11) is 0. The van der Waals surface area contributed by atoms with E-state index >= 15 is 0 Å². The number of hydrogen-bond donors (Lipinski definition) is 1. The lowest BCUT2D eigenvalue weighted by molar-refractivity contribution is -0.115. The fraction of sp³-hybridized carbons (Fsp3) is 0.222. The molecule has 0 bridgehead atoms. The van der Waals surface area contributed by atoms with Crippen LogP contribution in [0.1, 0.15) is 18.6 Å². The zero-order chi connectivity index (χ0) is 16.9. The van der Waals surface area contributed by atoms with Crippen LogP contribution in [0.4, 0.5) is 0 Å². The molecule has 24 heavy (non-hydrogen) atoms. The first-order valence-electron chi connectivity index (χ1n) is 7.75. The Morgan fingerprint density at radius 3 is 2.58 bits per heavy atom. The molecule has 0 atom stereocenters. The SMILES string of the molecule is O=C(C=Cc1ccc(-c2ccc(Cl)cc2)o1)NC(=S)N1CCCC1. The summed E-state index contributed by atoms with van der Waals surface area (Å²) in [5.74, 6) is 1.07. The number of benzene rings is 1. The van der Waals surface area contributed by atoms with Crippen molar-refractivity contribution in [2.24, 2.45) is 0 Å². The third-order valence-corrected chi connectivity index (χ3v) is 4.39. The first-order chi connectivity index (χ1) is 11.6. The number of carbonyl (C=O) groups excluding carboxylic acids is 1. The van der Waals surface area contributed by atoms with Crippen LogP contribution in [0.15, 0.2) is 46.9 Å². The first-order valence-corrected chi connectivity index (χ1v) is 8.54. The number of nitrogens with zero attached hydrogens (tertiary/aromatic N) is 1. The van der Waals surface area contributed by atoms with Crippen LogP contribution in [0.3, 0.4) is 0 Å². The van der Waals surface area contributed by atoms with Crippen molar-refractivity contribution in [1.82, 2.24) is 10.2 Å². The molecule has 1 amide bonds. The minimum absolute atomic E-state index is 0.253. The van der Waals surface area contributed by atoms with E-state index in [4.69, 9.17) is 28.2 Å². The minimum atomic E-state index is -0.253. The number of rotatable bonds is 3. The zero-order valence-electron chi connectivity index (χ0n) is 13.0. The molecule has 124 valence electrons. The lowest BCUT2D eigenvalue weighted by Gasteiger charge is -2.17. The average Bonchev–Trinajstić information content (AvgIpc) is 3.25. The maximum atomic E-state index is 11.9. The second-order valence-electron chi connectivity index (χ2n) is 5.53. The minimum Gasteiger partial charge on any atom is -0.457 e. The second kappa shape index (κ2) is 7.64. The quantitative estimate of drug-likeness (QED) is 0.661. The Kier molecular flexibility index (Phi) is 5.33. The highest BCUT2D eigenvalue weighted by atomic mass is 35.5. The van der Waals surface area contributed by atoms with Gasteiger partial charge >= 0.3 is 0 Å². The van der Waals surface area contributed by atoms with Crippen molar-refractivity contribution in [3.8, 4) is 11.3 Å². The van der Waals surface area contributed by atoms with Crippen LogP contribution >= 0.6 is 23.8 Å². The van der Waals surface area contributed by atoms with Crippen molar-refractivity contribution in [1.29, 1.82) is 0 Å². The van der Waals surface area contributed by atoms with Gasteiger partial charge < -0.3 is 9.32 Å². The average molecular weight is 361 g/mol. The van der Waals surface area contributed by atoms with E-state index in [2.05, 4.69) is 5.32 Å². The van der Waals surface area contributed by atoms with Crippen molar-refractivity contribution in [2.75, 3.05) is 13.1 Å². The molecule has 0 saturated carbocycles. The molecule has 2 aromatic rings. The highest BCUT2D eigenvalue weighted by molar-refractivity contribution is 7.80. The van der Waals surface area contributed by atoms with Crippen LogP contribution in [0.2, 0.25) is 5.02 Å². The summed E-state index contributed by atoms with van der Waals surface area (Å²) in [6.45, 7) is 1.82. The molecular weight excluding hydrogens is 344 g/mol. The standard InChI is InChI=1S/C18H17ClN2O2S/c19-14-5-3-13(4-6-14)16-9-7-15(23-16)8-10-17(22)20-18(24)21-11-1-2-12-21/h3-10H,1-2,11-12H2,(H,20,22,24). The molecular formula is C18H17ClN2O2S. The number of furan rings is 1. The lowest BCUT2D eigenvalue weighted by Crippen LogP contribution is -2.40. The molecule has 0 spiro atoms. The molecule has 3 rings (SSSR count). The smallest absolute Gasteiger partial charge is 0.250 e. The fourth-order valence-electron chi connectivity index (χ4n) is 2.52. The van der Waals surface area contributed by atoms with Gasteiger partial charge in [-0.15, -0.1) is 0 Å². The van der Waals surface area contributed by atoms with E-state index in [1.165, 1.54) is 6.08 Å². The molecule has 1 saturated heterocycles. The van der Waals surface area contributed by atoms with Crippen molar-refractivity contribution in [3.05, 3.63) is 53.3 Å². The molecule has 0 aliphatic carbocycles. The Hall–Kier alpha value is -2.11. The van der Waals surface area contributed by atoms with Gasteiger partial charge in [0.15, 0.2) is 5.11 Å². The maximum Gasteiger partial charge on any atom is 0.250 e. The van der Waals surface area contributed by atoms with Gasteiger partial charge in [0.2, 0.25) is 5.91 Å². The highest BCUT2D eigenvalue weighted by Crippen LogP contribution is 2.24. The maximum absolute atomic E-state index is 11.9. The third-order valence-electron chi connectivity index (χ3n) is 3.78. The molecule has 6 heteroatoms. The van der Waals surface area contributed by atoms with Crippen LogP contribution < -0.4 is 5.32 Å². The van der Waals surface area contributed by atoms with Crippen LogP contribution in [0.25, 0.3) is 17.4 Å². The largest absolute Gasteiger partial charge is 0.457 e. The Balaban J connectivity index is 1.59. The van der Waals surface area contributed by atoms with Crippen LogP contribution in [-0.4, -0.2) is 29.0 Å². The molecule has 2 heterocycles. The van der Waals surface area contributed by atoms with E-state index in [0.717, 1.165) is 37.3 Å². The van der Waals surface area contributed by atoms with Crippen molar-refractivity contribution >= 4 is 40.9 Å². The Morgan fingerprint density at radius 2 is 1.88 bits per heavy atom. The molecule has 4 nitrogen and oxygen atoms in total. The molecule has 0 unspecified atom stereocenters. The lowest BCUT2D eigenvalue weighted by atomic mass is 10.2. The summed E-state index contributed by atoms with van der Waals surface area (Å²) < 4.78 is 5.71. The first kappa shape index (κ1) is 16.7. The highest BCUT2D eigenvalue weighted by Gasteiger charge is 2.15. The Bertz CT molecular complexity index is 762. The van der Waals surface area contributed by atoms with Gasteiger partial charge in [-0.3, -0.25) is 10.1 Å². The number of amides is 1. The van der Waals surface area contributed by atoms with Gasteiger partial charge in [-0.2, -0.15) is 0 Å². The van der Waals surface area contributed by atoms with Crippen LogP contribution in [-0.2, 0) is 4.79 Å². The van der Waals surface area contributed by atoms with Gasteiger partial charge in [0.05, 0.1) is 0 Å². The Morgan fingerprint density at radius 1 is 1.17 bits per heavy atom. The van der Waals surface area contributed by atoms with E-state index in [0.29, 0.717) is 15.9 Å². The van der Waals surface area contributed by atoms with Crippen LogP contribution in [0, 0.1) is 0 Å². The Labute approximate surface area is 151 Å². The van der Waals surface area contributed by atoms with Gasteiger partial charge in [-0.1, -0.05) is 11.6 Å². The van der Waals surface area contributed by atoms with Gasteiger partial charge in [-0.05, 0) is 67.5 Å². The zero-order valence-corrected chi connectivity index (χ0v) is 14.6. The predicted octanol–water partition coefficient (Wildman–Crippen LogP) is 4.11. The summed E-state index contributed by atoms with van der Waals surface area (Å²) in [5.41, 5.74) is 0.929. The topological polar surface area (TPSA) is 45.5 Å². The van der Waals surface area contributed by atoms with E-state index in [1.54, 1.807) is 6.08 Å². The number of likely N-dealkylation sites (tertiary alicyclic amines) is 1. The van der Waals surface area contributed by atoms with E-state index in [1.807, 2.05) is 41.3 Å². The number of halogens is 1. The van der Waals surface area contributed by atoms with Crippen molar-refractivity contribution < 1.29 is 9.21 Å². The number of hydrogen-bond acceptors (Lipinski definition) is 3. The summed E-state index contributed by atoms with van der Waals surface area (Å²) in [6, 6.07) is 11.1. The number of nitrogens with one attached hydrogen (secondary N) is 1. The van der Waals surface area contributed by atoms with Gasteiger partial charge in [0.1, 0.15) is 11.5 Å². The second-order valence-corrected chi connectivity index (χ2v) is 6.35. The van der Waals surface area contributed by atoms with Crippen LogP contribution in [0.5, 0.6) is 0 Å². The molecule has 1 aromatic heterocycles. The molecule has 1 fully saturated rings. The predicted molar refractivity (Wildman–Crippen MR) is 99.7 cm³/mol. The van der Waals surface area contributed by atoms with Gasteiger partial charge in [-0.25, -0.2) is 0 Å². The summed E-state index contributed by atoms with van der Waals surface area (Å²) in [4.78, 5) is 13.9. The van der Waals surface area contributed by atoms with E-state index < -0.39 is 0 Å². The van der Waals surface area contributed by atoms with E-state index in [-0.39, 0.29) is 5.91 Å². The summed E-state index contributed by atoms with van der Waals surface area (Å²) in [6.07, 6.45) is 5.28. The number of carbonyl (C=O) groups is 1. The molecule has 1 aliphatic rings. The summed E-state index contributed by atoms with van der Waals surface area (Å²) >= 11 is 11.1. The number of thiocarbonyl (C=S) groups is 1. The van der Waals surface area contributed by atoms with E-state index in [9.17, 15) is 4.79 Å². The molecule has 0 radical (unpaired) electrons. The molecule has 1 aliphatic heterocycles. The van der Waals surface area contributed by atoms with Gasteiger partial charge in [0.25, 0.3) is 0 Å². The monoisotopic (exact) mass is 360 g/mol. The van der Waals surface area contributed by atoms with Crippen molar-refractivity contribution in [3.63, 3.8) is 0 Å². The normalized spacial score (nSPS) is 14.3. The van der Waals surface area contributed by atoms with Gasteiger partial charge in [0, 0.05) is 29.8 Å². The fourth-order valence-corrected chi connectivity index (χ4v) is 2.93. The summed E-state index contributed by atoms with van der Waals surface area (Å²) in [5, 5.41) is 3.88. The molecule has 1 N–H and O–H groups in total. The molecule has 1 aromatic carbocycles.